The first-order chi connectivity index (χ1) is 16.1. The zero-order chi connectivity index (χ0) is 24.9. The summed E-state index contributed by atoms with van der Waals surface area (Å²) in [5, 5.41) is 12.5. The van der Waals surface area contributed by atoms with Gasteiger partial charge >= 0.3 is 6.09 Å². The van der Waals surface area contributed by atoms with Crippen LogP contribution < -0.4 is 5.32 Å². The molecule has 0 spiro atoms. The fraction of sp³-hybridized carbons (Fsp3) is 0.360. The van der Waals surface area contributed by atoms with Gasteiger partial charge in [0.25, 0.3) is 0 Å². The molecule has 2 amide bonds. The van der Waals surface area contributed by atoms with E-state index in [9.17, 15) is 23.1 Å². The van der Waals surface area contributed by atoms with E-state index in [2.05, 4.69) is 11.9 Å². The predicted octanol–water partition coefficient (Wildman–Crippen LogP) is 3.60. The minimum absolute atomic E-state index is 0.115. The lowest BCUT2D eigenvalue weighted by molar-refractivity contribution is -0.117. The van der Waals surface area contributed by atoms with Crippen LogP contribution in [0.25, 0.3) is 0 Å². The van der Waals surface area contributed by atoms with Gasteiger partial charge in [0.2, 0.25) is 15.9 Å². The number of hydrogen-bond acceptors (Lipinski definition) is 4. The molecule has 9 heteroatoms. The third-order valence-corrected chi connectivity index (χ3v) is 8.15. The average molecular weight is 486 g/mol. The Balaban J connectivity index is 1.72. The molecule has 2 N–H and O–H groups in total. The Bertz CT molecular complexity index is 1110. The number of nitrogens with one attached hydrogen (secondary N) is 1. The van der Waals surface area contributed by atoms with Crippen molar-refractivity contribution in [3.63, 3.8) is 0 Å². The lowest BCUT2D eigenvalue weighted by Gasteiger charge is -2.41. The van der Waals surface area contributed by atoms with E-state index in [1.807, 2.05) is 44.2 Å². The van der Waals surface area contributed by atoms with Crippen molar-refractivity contribution in [2.75, 3.05) is 0 Å². The Hall–Kier alpha value is -3.17. The van der Waals surface area contributed by atoms with Crippen molar-refractivity contribution >= 4 is 22.0 Å². The average Bonchev–Trinajstić information content (AvgIpc) is 2.79. The van der Waals surface area contributed by atoms with E-state index in [-0.39, 0.29) is 42.0 Å². The van der Waals surface area contributed by atoms with E-state index in [1.165, 1.54) is 27.4 Å². The van der Waals surface area contributed by atoms with Gasteiger partial charge in [-0.05, 0) is 56.0 Å². The van der Waals surface area contributed by atoms with Crippen molar-refractivity contribution in [2.45, 2.75) is 62.8 Å². The van der Waals surface area contributed by atoms with Gasteiger partial charge in [0.15, 0.2) is 0 Å². The van der Waals surface area contributed by atoms with E-state index in [0.29, 0.717) is 18.4 Å². The Labute approximate surface area is 200 Å². The summed E-state index contributed by atoms with van der Waals surface area (Å²) in [5.41, 5.74) is 1.57. The highest BCUT2D eigenvalue weighted by Crippen LogP contribution is 2.30. The van der Waals surface area contributed by atoms with Crippen molar-refractivity contribution in [2.24, 2.45) is 0 Å². The number of carbonyl (C=O) groups excluding carboxylic acids is 1. The van der Waals surface area contributed by atoms with Crippen LogP contribution in [0.15, 0.2) is 72.1 Å². The number of carbonyl (C=O) groups is 2. The summed E-state index contributed by atoms with van der Waals surface area (Å²) >= 11 is 0. The van der Waals surface area contributed by atoms with Crippen LogP contribution in [0.1, 0.15) is 37.8 Å². The lowest BCUT2D eigenvalue weighted by Crippen LogP contribution is -2.54. The van der Waals surface area contributed by atoms with Gasteiger partial charge in [-0.3, -0.25) is 9.69 Å². The zero-order valence-electron chi connectivity index (χ0n) is 19.4. The van der Waals surface area contributed by atoms with Crippen molar-refractivity contribution in [1.29, 1.82) is 0 Å². The first-order valence-corrected chi connectivity index (χ1v) is 12.6. The second-order valence-corrected chi connectivity index (χ2v) is 10.5. The van der Waals surface area contributed by atoms with E-state index in [4.69, 9.17) is 0 Å². The quantitative estimate of drug-likeness (QED) is 0.556. The van der Waals surface area contributed by atoms with E-state index in [0.717, 1.165) is 5.56 Å². The summed E-state index contributed by atoms with van der Waals surface area (Å²) < 4.78 is 28.3. The normalized spacial score (nSPS) is 20.9. The number of rotatable bonds is 8. The summed E-state index contributed by atoms with van der Waals surface area (Å²) in [6, 6.07) is 15.0. The van der Waals surface area contributed by atoms with Crippen LogP contribution in [0.4, 0.5) is 4.79 Å². The van der Waals surface area contributed by atoms with Crippen LogP contribution in [0.2, 0.25) is 0 Å². The highest BCUT2D eigenvalue weighted by atomic mass is 32.2. The standard InChI is InChI=1S/C25H31N3O5S/c1-4-24(29)26-22-14-18(2)28(19(3)15-22)34(32,33)23-12-10-21(11-13-23)17-27(25(30)31)16-20-8-6-5-7-9-20/h4-13,18-19,22H,1,14-17H2,2-3H3,(H,26,29)(H,30,31). The summed E-state index contributed by atoms with van der Waals surface area (Å²) in [7, 11) is -3.76. The largest absolute Gasteiger partial charge is 0.465 e. The zero-order valence-corrected chi connectivity index (χ0v) is 20.2. The molecule has 182 valence electrons. The lowest BCUT2D eigenvalue weighted by atomic mass is 9.95. The molecule has 2 aromatic carbocycles. The van der Waals surface area contributed by atoms with Gasteiger partial charge in [-0.2, -0.15) is 4.31 Å². The molecule has 0 saturated carbocycles. The molecule has 2 unspecified atom stereocenters. The number of benzene rings is 2. The summed E-state index contributed by atoms with van der Waals surface area (Å²) in [4.78, 5) is 24.8. The molecular formula is C25H31N3O5S. The Morgan fingerprint density at radius 2 is 1.56 bits per heavy atom. The first-order valence-electron chi connectivity index (χ1n) is 11.2. The second-order valence-electron chi connectivity index (χ2n) is 8.68. The van der Waals surface area contributed by atoms with Crippen molar-refractivity contribution in [3.05, 3.63) is 78.4 Å². The Morgan fingerprint density at radius 3 is 2.06 bits per heavy atom. The van der Waals surface area contributed by atoms with Crippen LogP contribution in [0, 0.1) is 0 Å². The van der Waals surface area contributed by atoms with E-state index < -0.39 is 16.1 Å². The van der Waals surface area contributed by atoms with Gasteiger partial charge in [0, 0.05) is 31.2 Å². The van der Waals surface area contributed by atoms with Crippen LogP contribution in [-0.4, -0.2) is 52.9 Å². The topological polar surface area (TPSA) is 107 Å². The molecule has 2 aromatic rings. The van der Waals surface area contributed by atoms with Crippen LogP contribution >= 0.6 is 0 Å². The molecule has 34 heavy (non-hydrogen) atoms. The SMILES string of the molecule is C=CC(=O)NC1CC(C)N(S(=O)(=O)c2ccc(CN(Cc3ccccc3)C(=O)O)cc2)C(C)C1. The maximum absolute atomic E-state index is 13.4. The number of amides is 2. The van der Waals surface area contributed by atoms with Gasteiger partial charge in [0.05, 0.1) is 4.90 Å². The summed E-state index contributed by atoms with van der Waals surface area (Å²) in [6.45, 7) is 7.52. The third kappa shape index (κ3) is 6.03. The molecule has 0 radical (unpaired) electrons. The van der Waals surface area contributed by atoms with Gasteiger partial charge < -0.3 is 10.4 Å². The molecule has 1 heterocycles. The fourth-order valence-corrected chi connectivity index (χ4v) is 6.36. The first kappa shape index (κ1) is 25.5. The molecule has 0 bridgehead atoms. The Morgan fingerprint density at radius 1 is 1.03 bits per heavy atom. The van der Waals surface area contributed by atoms with Crippen molar-refractivity contribution < 1.29 is 23.1 Å². The number of sulfonamides is 1. The third-order valence-electron chi connectivity index (χ3n) is 6.01. The molecule has 1 saturated heterocycles. The van der Waals surface area contributed by atoms with Gasteiger partial charge in [-0.15, -0.1) is 0 Å². The maximum atomic E-state index is 13.4. The number of hydrogen-bond donors (Lipinski definition) is 2. The molecule has 2 atom stereocenters. The van der Waals surface area contributed by atoms with Gasteiger partial charge in [-0.1, -0.05) is 49.0 Å². The molecule has 8 nitrogen and oxygen atoms in total. The van der Waals surface area contributed by atoms with Crippen molar-refractivity contribution in [1.82, 2.24) is 14.5 Å². The highest BCUT2D eigenvalue weighted by Gasteiger charge is 2.39. The monoisotopic (exact) mass is 485 g/mol. The van der Waals surface area contributed by atoms with E-state index >= 15 is 0 Å². The number of carboxylic acid groups (broad SMARTS) is 1. The highest BCUT2D eigenvalue weighted by molar-refractivity contribution is 7.89. The second kappa shape index (κ2) is 10.8. The summed E-state index contributed by atoms with van der Waals surface area (Å²) in [5.74, 6) is -0.265. The maximum Gasteiger partial charge on any atom is 0.407 e. The molecule has 0 aromatic heterocycles. The fourth-order valence-electron chi connectivity index (χ4n) is 4.52. The molecule has 1 aliphatic heterocycles. The molecule has 1 aliphatic rings. The van der Waals surface area contributed by atoms with E-state index in [1.54, 1.807) is 12.1 Å². The molecule has 3 rings (SSSR count). The van der Waals surface area contributed by atoms with Crippen LogP contribution in [0.5, 0.6) is 0 Å². The van der Waals surface area contributed by atoms with Gasteiger partial charge in [0.1, 0.15) is 0 Å². The number of piperidine rings is 1. The van der Waals surface area contributed by atoms with Crippen LogP contribution in [0.3, 0.4) is 0 Å². The Kier molecular flexibility index (Phi) is 8.11. The van der Waals surface area contributed by atoms with Gasteiger partial charge in [-0.25, -0.2) is 13.2 Å². The molecular weight excluding hydrogens is 454 g/mol. The predicted molar refractivity (Wildman–Crippen MR) is 129 cm³/mol. The minimum Gasteiger partial charge on any atom is -0.465 e. The summed E-state index contributed by atoms with van der Waals surface area (Å²) in [6.07, 6.45) is 1.18. The smallest absolute Gasteiger partial charge is 0.407 e. The molecule has 1 fully saturated rings. The minimum atomic E-state index is -3.76. The van der Waals surface area contributed by atoms with Crippen LogP contribution in [-0.2, 0) is 27.9 Å². The molecule has 0 aliphatic carbocycles. The number of nitrogens with zero attached hydrogens (tertiary/aromatic N) is 2. The van der Waals surface area contributed by atoms with Crippen molar-refractivity contribution in [3.8, 4) is 0 Å².